The smallest absolute Gasteiger partial charge is 0.291 e. The van der Waals surface area contributed by atoms with E-state index < -0.39 is 0 Å². The molecule has 0 atom stereocenters. The van der Waals surface area contributed by atoms with Gasteiger partial charge in [-0.25, -0.2) is 5.43 Å². The van der Waals surface area contributed by atoms with Crippen LogP contribution in [0.15, 0.2) is 47.6 Å². The first-order valence-electron chi connectivity index (χ1n) is 7.85. The molecule has 2 heterocycles. The fraction of sp³-hybridized carbons (Fsp3) is 0.167. The number of thiophene rings is 1. The Morgan fingerprint density at radius 3 is 2.96 bits per heavy atom. The minimum atomic E-state index is -0.374. The van der Waals surface area contributed by atoms with Gasteiger partial charge in [-0.15, -0.1) is 11.3 Å². The first-order chi connectivity index (χ1) is 12.2. The summed E-state index contributed by atoms with van der Waals surface area (Å²) in [5.41, 5.74) is 4.38. The molecule has 2 N–H and O–H groups in total. The van der Waals surface area contributed by atoms with Crippen LogP contribution in [0.3, 0.4) is 0 Å². The van der Waals surface area contributed by atoms with Crippen LogP contribution in [-0.2, 0) is 0 Å². The molecule has 0 aliphatic carbocycles. The number of carbonyl (C=O) groups excluding carboxylic acids is 1. The number of amides is 1. The molecular formula is C18H18N4O2S. The van der Waals surface area contributed by atoms with Gasteiger partial charge in [0.15, 0.2) is 5.69 Å². The van der Waals surface area contributed by atoms with Crippen molar-refractivity contribution in [2.75, 3.05) is 6.61 Å². The minimum absolute atomic E-state index is 0.288. The number of nitrogens with zero attached hydrogens (tertiary/aromatic N) is 2. The number of ether oxygens (including phenoxy) is 1. The Morgan fingerprint density at radius 1 is 1.36 bits per heavy atom. The molecule has 0 saturated heterocycles. The molecule has 25 heavy (non-hydrogen) atoms. The summed E-state index contributed by atoms with van der Waals surface area (Å²) in [7, 11) is 0. The van der Waals surface area contributed by atoms with Gasteiger partial charge in [-0.2, -0.15) is 10.2 Å². The van der Waals surface area contributed by atoms with Gasteiger partial charge in [0.1, 0.15) is 5.75 Å². The molecule has 2 aromatic heterocycles. The van der Waals surface area contributed by atoms with Gasteiger partial charge >= 0.3 is 0 Å². The molecule has 3 rings (SSSR count). The minimum Gasteiger partial charge on any atom is -0.493 e. The van der Waals surface area contributed by atoms with Crippen LogP contribution in [0, 0.1) is 6.92 Å². The molecular weight excluding hydrogens is 336 g/mol. The molecule has 128 valence electrons. The summed E-state index contributed by atoms with van der Waals surface area (Å²) in [6.45, 7) is 4.52. The largest absolute Gasteiger partial charge is 0.493 e. The summed E-state index contributed by atoms with van der Waals surface area (Å²) in [5, 5.41) is 10.9. The number of nitrogens with one attached hydrogen (secondary N) is 2. The maximum absolute atomic E-state index is 12.2. The number of aryl methyl sites for hydroxylation is 1. The average Bonchev–Trinajstić information content (AvgIpc) is 3.25. The standard InChI is InChI=1S/C18H18N4O2S/c1-3-24-16-7-5-4-6-13(16)11-19-22-18(23)15-10-14(20-21-15)17-9-8-12(2)25-17/h4-11H,3H2,1-2H3,(H,20,21)(H,22,23)/b19-11+. The van der Waals surface area contributed by atoms with Crippen molar-refractivity contribution in [1.29, 1.82) is 0 Å². The maximum atomic E-state index is 12.2. The van der Waals surface area contributed by atoms with Gasteiger partial charge < -0.3 is 4.74 Å². The van der Waals surface area contributed by atoms with Crippen LogP contribution in [-0.4, -0.2) is 28.9 Å². The SMILES string of the molecule is CCOc1ccccc1/C=N/NC(=O)c1cc(-c2ccc(C)s2)[nH]n1. The molecule has 0 saturated carbocycles. The summed E-state index contributed by atoms with van der Waals surface area (Å²) in [6, 6.07) is 13.2. The van der Waals surface area contributed by atoms with Crippen LogP contribution in [0.5, 0.6) is 5.75 Å². The van der Waals surface area contributed by atoms with Crippen molar-refractivity contribution in [3.05, 3.63) is 58.6 Å². The number of rotatable bonds is 6. The molecule has 0 fully saturated rings. The number of hydrogen-bond donors (Lipinski definition) is 2. The summed E-state index contributed by atoms with van der Waals surface area (Å²) in [6.07, 6.45) is 1.55. The van der Waals surface area contributed by atoms with Crippen molar-refractivity contribution >= 4 is 23.5 Å². The van der Waals surface area contributed by atoms with E-state index in [9.17, 15) is 4.79 Å². The molecule has 0 aliphatic heterocycles. The van der Waals surface area contributed by atoms with Crippen molar-refractivity contribution in [3.63, 3.8) is 0 Å². The molecule has 0 unspecified atom stereocenters. The summed E-state index contributed by atoms with van der Waals surface area (Å²) in [4.78, 5) is 14.4. The highest BCUT2D eigenvalue weighted by atomic mass is 32.1. The first-order valence-corrected chi connectivity index (χ1v) is 8.66. The van der Waals surface area contributed by atoms with Gasteiger partial charge in [-0.1, -0.05) is 12.1 Å². The maximum Gasteiger partial charge on any atom is 0.291 e. The molecule has 7 heteroatoms. The molecule has 0 bridgehead atoms. The molecule has 0 aliphatic rings. The van der Waals surface area contributed by atoms with Crippen molar-refractivity contribution in [2.24, 2.45) is 5.10 Å². The van der Waals surface area contributed by atoms with E-state index in [2.05, 4.69) is 20.7 Å². The predicted octanol–water partition coefficient (Wildman–Crippen LogP) is 3.61. The number of benzene rings is 1. The molecule has 6 nitrogen and oxygen atoms in total. The lowest BCUT2D eigenvalue weighted by atomic mass is 10.2. The predicted molar refractivity (Wildman–Crippen MR) is 99.3 cm³/mol. The third-order valence-electron chi connectivity index (χ3n) is 3.40. The quantitative estimate of drug-likeness (QED) is 0.524. The van der Waals surface area contributed by atoms with E-state index in [4.69, 9.17) is 4.74 Å². The third kappa shape index (κ3) is 4.13. The average molecular weight is 354 g/mol. The lowest BCUT2D eigenvalue weighted by Gasteiger charge is -2.05. The van der Waals surface area contributed by atoms with Gasteiger partial charge in [-0.05, 0) is 44.2 Å². The number of carbonyl (C=O) groups is 1. The number of aromatic nitrogens is 2. The zero-order valence-electron chi connectivity index (χ0n) is 13.9. The van der Waals surface area contributed by atoms with Crippen LogP contribution < -0.4 is 10.2 Å². The third-order valence-corrected chi connectivity index (χ3v) is 4.44. The lowest BCUT2D eigenvalue weighted by Crippen LogP contribution is -2.18. The van der Waals surface area contributed by atoms with Crippen molar-refractivity contribution in [2.45, 2.75) is 13.8 Å². The van der Waals surface area contributed by atoms with Gasteiger partial charge in [0.25, 0.3) is 5.91 Å². The van der Waals surface area contributed by atoms with Crippen LogP contribution in [0.4, 0.5) is 0 Å². The number of hydrogen-bond acceptors (Lipinski definition) is 5. The van der Waals surface area contributed by atoms with Crippen molar-refractivity contribution < 1.29 is 9.53 Å². The number of H-pyrrole nitrogens is 1. The van der Waals surface area contributed by atoms with Gasteiger partial charge in [-0.3, -0.25) is 9.89 Å². The second-order valence-electron chi connectivity index (χ2n) is 5.25. The molecule has 1 aromatic carbocycles. The van der Waals surface area contributed by atoms with E-state index in [-0.39, 0.29) is 11.6 Å². The van der Waals surface area contributed by atoms with E-state index in [0.29, 0.717) is 6.61 Å². The zero-order valence-corrected chi connectivity index (χ0v) is 14.8. The summed E-state index contributed by atoms with van der Waals surface area (Å²) in [5.74, 6) is 0.346. The Kier molecular flexibility index (Phi) is 5.25. The van der Waals surface area contributed by atoms with Gasteiger partial charge in [0.05, 0.1) is 23.4 Å². The molecule has 0 spiro atoms. The second-order valence-corrected chi connectivity index (χ2v) is 6.54. The van der Waals surface area contributed by atoms with Crippen molar-refractivity contribution in [1.82, 2.24) is 15.6 Å². The Bertz CT molecular complexity index is 898. The highest BCUT2D eigenvalue weighted by Gasteiger charge is 2.11. The highest BCUT2D eigenvalue weighted by molar-refractivity contribution is 7.15. The Labute approximate surface area is 149 Å². The van der Waals surface area contributed by atoms with Gasteiger partial charge in [0.2, 0.25) is 0 Å². The number of aromatic amines is 1. The second kappa shape index (κ2) is 7.76. The number of hydrazone groups is 1. The Hall–Kier alpha value is -2.93. The fourth-order valence-electron chi connectivity index (χ4n) is 2.24. The van der Waals surface area contributed by atoms with E-state index in [1.54, 1.807) is 23.6 Å². The van der Waals surface area contributed by atoms with Gasteiger partial charge in [0, 0.05) is 10.4 Å². The first kappa shape index (κ1) is 16.9. The number of para-hydroxylation sites is 1. The van der Waals surface area contributed by atoms with Crippen molar-refractivity contribution in [3.8, 4) is 16.3 Å². The van der Waals surface area contributed by atoms with Crippen LogP contribution in [0.1, 0.15) is 27.9 Å². The highest BCUT2D eigenvalue weighted by Crippen LogP contribution is 2.26. The summed E-state index contributed by atoms with van der Waals surface area (Å²) >= 11 is 1.64. The van der Waals surface area contributed by atoms with Crippen LogP contribution >= 0.6 is 11.3 Å². The molecule has 0 radical (unpaired) electrons. The molecule has 1 amide bonds. The van der Waals surface area contributed by atoms with E-state index in [1.165, 1.54) is 4.88 Å². The fourth-order valence-corrected chi connectivity index (χ4v) is 3.07. The Balaban J connectivity index is 1.66. The van der Waals surface area contributed by atoms with E-state index in [0.717, 1.165) is 21.9 Å². The van der Waals surface area contributed by atoms with E-state index in [1.807, 2.05) is 50.2 Å². The molecule has 3 aromatic rings. The normalized spacial score (nSPS) is 11.0. The topological polar surface area (TPSA) is 79.4 Å². The summed E-state index contributed by atoms with van der Waals surface area (Å²) < 4.78 is 5.51. The van der Waals surface area contributed by atoms with Crippen LogP contribution in [0.25, 0.3) is 10.6 Å². The van der Waals surface area contributed by atoms with Crippen LogP contribution in [0.2, 0.25) is 0 Å². The Morgan fingerprint density at radius 2 is 2.20 bits per heavy atom. The van der Waals surface area contributed by atoms with E-state index >= 15 is 0 Å². The monoisotopic (exact) mass is 354 g/mol. The lowest BCUT2D eigenvalue weighted by molar-refractivity contribution is 0.0950. The zero-order chi connectivity index (χ0) is 17.6.